The number of carbonyl (C=O) groups is 2. The molecule has 8 heteroatoms. The molecule has 0 bridgehead atoms. The summed E-state index contributed by atoms with van der Waals surface area (Å²) in [5.41, 5.74) is -0.687. The lowest BCUT2D eigenvalue weighted by Gasteiger charge is -2.30. The summed E-state index contributed by atoms with van der Waals surface area (Å²) in [6.07, 6.45) is -2.83. The van der Waals surface area contributed by atoms with E-state index < -0.39 is 29.7 Å². The van der Waals surface area contributed by atoms with Crippen LogP contribution in [0.1, 0.15) is 49.5 Å². The van der Waals surface area contributed by atoms with Gasteiger partial charge in [-0.2, -0.15) is 13.2 Å². The Hall–Kier alpha value is -1.70. The van der Waals surface area contributed by atoms with Crippen LogP contribution >= 0.6 is 11.8 Å². The van der Waals surface area contributed by atoms with Crippen LogP contribution in [0.4, 0.5) is 13.2 Å². The molecule has 27 heavy (non-hydrogen) atoms. The number of esters is 1. The monoisotopic (exact) mass is 403 g/mol. The van der Waals surface area contributed by atoms with Gasteiger partial charge in [-0.1, -0.05) is 27.2 Å². The van der Waals surface area contributed by atoms with E-state index in [1.54, 1.807) is 0 Å². The van der Waals surface area contributed by atoms with E-state index in [-0.39, 0.29) is 16.9 Å². The zero-order valence-corrected chi connectivity index (χ0v) is 16.4. The minimum atomic E-state index is -4.46. The topological polar surface area (TPSA) is 46.6 Å². The highest BCUT2D eigenvalue weighted by Crippen LogP contribution is 2.36. The number of hydrogen-bond acceptors (Lipinski definition) is 4. The highest BCUT2D eigenvalue weighted by molar-refractivity contribution is 8.00. The summed E-state index contributed by atoms with van der Waals surface area (Å²) in [6.45, 7) is 6.16. The Morgan fingerprint density at radius 3 is 2.41 bits per heavy atom. The van der Waals surface area contributed by atoms with Crippen LogP contribution in [0.25, 0.3) is 0 Å². The molecule has 1 aliphatic heterocycles. The van der Waals surface area contributed by atoms with Gasteiger partial charge in [-0.3, -0.25) is 4.79 Å². The van der Waals surface area contributed by atoms with Gasteiger partial charge in [-0.25, -0.2) is 4.79 Å². The third-order valence-corrected chi connectivity index (χ3v) is 5.93. The van der Waals surface area contributed by atoms with Gasteiger partial charge < -0.3 is 9.64 Å². The molecule has 1 aromatic rings. The number of nitrogens with zero attached hydrogens (tertiary/aromatic N) is 1. The van der Waals surface area contributed by atoms with Gasteiger partial charge in [0.25, 0.3) is 5.91 Å². The first kappa shape index (κ1) is 21.6. The molecule has 0 radical (unpaired) electrons. The fourth-order valence-electron chi connectivity index (χ4n) is 2.84. The lowest BCUT2D eigenvalue weighted by Crippen LogP contribution is -2.47. The Morgan fingerprint density at radius 1 is 1.26 bits per heavy atom. The Morgan fingerprint density at radius 2 is 1.89 bits per heavy atom. The van der Waals surface area contributed by atoms with Crippen molar-refractivity contribution in [2.45, 2.75) is 51.2 Å². The Bertz CT molecular complexity index is 661. The van der Waals surface area contributed by atoms with Gasteiger partial charge >= 0.3 is 12.1 Å². The summed E-state index contributed by atoms with van der Waals surface area (Å²) in [7, 11) is 0. The third kappa shape index (κ3) is 5.18. The van der Waals surface area contributed by atoms with E-state index in [1.165, 1.54) is 16.7 Å². The van der Waals surface area contributed by atoms with Crippen molar-refractivity contribution in [1.29, 1.82) is 0 Å². The van der Waals surface area contributed by atoms with E-state index in [9.17, 15) is 22.8 Å². The number of carbonyl (C=O) groups excluding carboxylic acids is 2. The maximum atomic E-state index is 13.0. The molecule has 1 aromatic carbocycles. The van der Waals surface area contributed by atoms with Crippen molar-refractivity contribution in [2.75, 3.05) is 12.4 Å². The standard InChI is InChI=1S/C19H24F3NO3S/c1-4-5-10-26-18(25)15-11-27-17(12(2)3)23(15)16(24)13-6-8-14(9-7-13)19(20,21)22/h6-9,12,15,17H,4-5,10-11H2,1-3H3. The smallest absolute Gasteiger partial charge is 0.416 e. The predicted molar refractivity (Wildman–Crippen MR) is 98.4 cm³/mol. The molecule has 0 aliphatic carbocycles. The van der Waals surface area contributed by atoms with Crippen LogP contribution in [0.15, 0.2) is 24.3 Å². The van der Waals surface area contributed by atoms with Gasteiger partial charge in [0, 0.05) is 11.3 Å². The van der Waals surface area contributed by atoms with Crippen LogP contribution < -0.4 is 0 Å². The molecule has 0 N–H and O–H groups in total. The van der Waals surface area contributed by atoms with Crippen LogP contribution in [-0.4, -0.2) is 40.6 Å². The molecule has 1 heterocycles. The maximum Gasteiger partial charge on any atom is 0.416 e. The highest BCUT2D eigenvalue weighted by Gasteiger charge is 2.44. The number of rotatable bonds is 6. The van der Waals surface area contributed by atoms with Crippen LogP contribution in [0.3, 0.4) is 0 Å². The van der Waals surface area contributed by atoms with Gasteiger partial charge in [0.1, 0.15) is 6.04 Å². The number of unbranched alkanes of at least 4 members (excludes halogenated alkanes) is 1. The SMILES string of the molecule is CCCCOC(=O)C1CSC(C(C)C)N1C(=O)c1ccc(C(F)(F)F)cc1. The maximum absolute atomic E-state index is 13.0. The summed E-state index contributed by atoms with van der Waals surface area (Å²) < 4.78 is 43.5. The summed E-state index contributed by atoms with van der Waals surface area (Å²) in [5.74, 6) is -0.411. The molecular weight excluding hydrogens is 379 g/mol. The third-order valence-electron chi connectivity index (χ3n) is 4.31. The van der Waals surface area contributed by atoms with E-state index in [0.29, 0.717) is 12.4 Å². The first-order chi connectivity index (χ1) is 12.7. The fraction of sp³-hybridized carbons (Fsp3) is 0.579. The summed E-state index contributed by atoms with van der Waals surface area (Å²) >= 11 is 1.49. The van der Waals surface area contributed by atoms with Gasteiger partial charge in [-0.15, -0.1) is 11.8 Å². The molecule has 0 saturated carbocycles. The highest BCUT2D eigenvalue weighted by atomic mass is 32.2. The lowest BCUT2D eigenvalue weighted by atomic mass is 10.1. The van der Waals surface area contributed by atoms with Crippen molar-refractivity contribution >= 4 is 23.6 Å². The molecule has 4 nitrogen and oxygen atoms in total. The second-order valence-corrected chi connectivity index (χ2v) is 7.94. The normalized spacial score (nSPS) is 20.2. The number of halogens is 3. The van der Waals surface area contributed by atoms with Gasteiger partial charge in [0.15, 0.2) is 0 Å². The average molecular weight is 403 g/mol. The van der Waals surface area contributed by atoms with E-state index in [0.717, 1.165) is 37.1 Å². The Kier molecular flexibility index (Phi) is 7.19. The van der Waals surface area contributed by atoms with Crippen LogP contribution in [0.5, 0.6) is 0 Å². The predicted octanol–water partition coefficient (Wildman–Crippen LogP) is 4.59. The summed E-state index contributed by atoms with van der Waals surface area (Å²) in [5, 5.41) is -0.233. The van der Waals surface area contributed by atoms with Crippen LogP contribution in [0.2, 0.25) is 0 Å². The second-order valence-electron chi connectivity index (χ2n) is 6.79. The van der Waals surface area contributed by atoms with E-state index in [2.05, 4.69) is 0 Å². The number of thioether (sulfide) groups is 1. The largest absolute Gasteiger partial charge is 0.464 e. The summed E-state index contributed by atoms with van der Waals surface area (Å²) in [4.78, 5) is 26.9. The van der Waals surface area contributed by atoms with Gasteiger partial charge in [-0.05, 0) is 36.6 Å². The number of amides is 1. The van der Waals surface area contributed by atoms with Crippen LogP contribution in [0, 0.1) is 5.92 Å². The van der Waals surface area contributed by atoms with Crippen molar-refractivity contribution in [3.05, 3.63) is 35.4 Å². The minimum Gasteiger partial charge on any atom is -0.464 e. The van der Waals surface area contributed by atoms with Crippen molar-refractivity contribution < 1.29 is 27.5 Å². The quantitative estimate of drug-likeness (QED) is 0.515. The fourth-order valence-corrected chi connectivity index (χ4v) is 4.31. The zero-order valence-electron chi connectivity index (χ0n) is 15.6. The molecule has 0 aromatic heterocycles. The van der Waals surface area contributed by atoms with E-state index in [1.807, 2.05) is 20.8 Å². The molecule has 1 fully saturated rings. The second kappa shape index (κ2) is 8.99. The van der Waals surface area contributed by atoms with Gasteiger partial charge in [0.2, 0.25) is 0 Å². The molecule has 1 aliphatic rings. The molecule has 2 rings (SSSR count). The zero-order chi connectivity index (χ0) is 20.2. The van der Waals surface area contributed by atoms with Gasteiger partial charge in [0.05, 0.1) is 17.5 Å². The lowest BCUT2D eigenvalue weighted by molar-refractivity contribution is -0.148. The molecule has 0 spiro atoms. The first-order valence-corrected chi connectivity index (χ1v) is 9.99. The molecule has 2 unspecified atom stereocenters. The Labute approximate surface area is 161 Å². The van der Waals surface area contributed by atoms with E-state index >= 15 is 0 Å². The number of alkyl halides is 3. The van der Waals surface area contributed by atoms with E-state index in [4.69, 9.17) is 4.74 Å². The minimum absolute atomic E-state index is 0.0850. The van der Waals surface area contributed by atoms with Crippen molar-refractivity contribution in [1.82, 2.24) is 4.90 Å². The van der Waals surface area contributed by atoms with Crippen LogP contribution in [-0.2, 0) is 15.7 Å². The van der Waals surface area contributed by atoms with Crippen molar-refractivity contribution in [3.63, 3.8) is 0 Å². The molecule has 2 atom stereocenters. The molecule has 1 amide bonds. The average Bonchev–Trinajstić information content (AvgIpc) is 3.06. The number of hydrogen-bond donors (Lipinski definition) is 0. The number of benzene rings is 1. The molecule has 1 saturated heterocycles. The Balaban J connectivity index is 2.23. The summed E-state index contributed by atoms with van der Waals surface area (Å²) in [6, 6.07) is 3.36. The molecule has 150 valence electrons. The number of ether oxygens (including phenoxy) is 1. The van der Waals surface area contributed by atoms with Crippen molar-refractivity contribution in [3.8, 4) is 0 Å². The first-order valence-electron chi connectivity index (χ1n) is 8.95. The molecular formula is C19H24F3NO3S. The van der Waals surface area contributed by atoms with Crippen molar-refractivity contribution in [2.24, 2.45) is 5.92 Å².